The first-order chi connectivity index (χ1) is 9.30. The van der Waals surface area contributed by atoms with Gasteiger partial charge in [0.2, 0.25) is 0 Å². The molecule has 20 heavy (non-hydrogen) atoms. The Hall–Kier alpha value is -1.41. The molecular formula is C12H19N3O4S. The van der Waals surface area contributed by atoms with Gasteiger partial charge in [0.15, 0.2) is 9.84 Å². The van der Waals surface area contributed by atoms with Gasteiger partial charge in [0, 0.05) is 38.4 Å². The molecule has 7 nitrogen and oxygen atoms in total. The van der Waals surface area contributed by atoms with Crippen molar-refractivity contribution in [3.05, 3.63) is 32.6 Å². The lowest BCUT2D eigenvalue weighted by molar-refractivity contribution is 0.469. The smallest absolute Gasteiger partial charge is 0.307 e. The summed E-state index contributed by atoms with van der Waals surface area (Å²) in [6.07, 6.45) is 1.44. The van der Waals surface area contributed by atoms with Crippen molar-refractivity contribution in [2.45, 2.75) is 25.4 Å². The van der Waals surface area contributed by atoms with Gasteiger partial charge in [-0.2, -0.15) is 0 Å². The topological polar surface area (TPSA) is 90.2 Å². The number of nitrogens with one attached hydrogen (secondary N) is 1. The normalized spacial score (nSPS) is 21.8. The molecule has 0 radical (unpaired) electrons. The molecule has 1 aliphatic heterocycles. The Morgan fingerprint density at radius 3 is 2.65 bits per heavy atom. The second kappa shape index (κ2) is 5.53. The molecule has 1 aromatic rings. The maximum absolute atomic E-state index is 11.8. The Morgan fingerprint density at radius 1 is 1.30 bits per heavy atom. The first-order valence-electron chi connectivity index (χ1n) is 6.50. The van der Waals surface area contributed by atoms with Crippen LogP contribution in [0.3, 0.4) is 0 Å². The van der Waals surface area contributed by atoms with Crippen molar-refractivity contribution in [1.82, 2.24) is 14.5 Å². The van der Waals surface area contributed by atoms with E-state index in [1.54, 1.807) is 7.05 Å². The fraction of sp³-hybridized carbons (Fsp3) is 0.667. The lowest BCUT2D eigenvalue weighted by Crippen LogP contribution is -2.42. The molecule has 0 spiro atoms. The summed E-state index contributed by atoms with van der Waals surface area (Å²) >= 11 is 0. The van der Waals surface area contributed by atoms with Crippen LogP contribution in [0, 0.1) is 0 Å². The minimum absolute atomic E-state index is 0.117. The summed E-state index contributed by atoms with van der Waals surface area (Å²) in [5, 5.41) is 3.12. The molecule has 0 aliphatic carbocycles. The van der Waals surface area contributed by atoms with Gasteiger partial charge in [-0.3, -0.25) is 13.9 Å². The third-order valence-electron chi connectivity index (χ3n) is 3.66. The zero-order valence-electron chi connectivity index (χ0n) is 11.6. The summed E-state index contributed by atoms with van der Waals surface area (Å²) in [5.41, 5.74) is -0.187. The molecule has 8 heteroatoms. The van der Waals surface area contributed by atoms with Crippen molar-refractivity contribution in [3.8, 4) is 0 Å². The predicted molar refractivity (Wildman–Crippen MR) is 75.4 cm³/mol. The summed E-state index contributed by atoms with van der Waals surface area (Å²) in [7, 11) is 0.0535. The van der Waals surface area contributed by atoms with Crippen LogP contribution in [0.4, 0.5) is 0 Å². The summed E-state index contributed by atoms with van der Waals surface area (Å²) in [6.45, 7) is 0.308. The minimum atomic E-state index is -2.97. The van der Waals surface area contributed by atoms with Crippen molar-refractivity contribution in [2.75, 3.05) is 11.5 Å². The SMILES string of the molecule is Cn1c(CNC2CCCS(=O)(=O)C2)cc(=O)n(C)c1=O. The van der Waals surface area contributed by atoms with E-state index in [1.165, 1.54) is 17.7 Å². The molecule has 1 aliphatic rings. The standard InChI is InChI=1S/C12H19N3O4S/c1-14-10(6-11(16)15(2)12(14)17)7-13-9-4-3-5-20(18,19)8-9/h6,9,13H,3-5,7-8H2,1-2H3. The van der Waals surface area contributed by atoms with Crippen molar-refractivity contribution in [1.29, 1.82) is 0 Å². The van der Waals surface area contributed by atoms with Crippen molar-refractivity contribution < 1.29 is 8.42 Å². The highest BCUT2D eigenvalue weighted by molar-refractivity contribution is 7.91. The van der Waals surface area contributed by atoms with Crippen LogP contribution in [0.2, 0.25) is 0 Å². The second-order valence-corrected chi connectivity index (χ2v) is 7.44. The van der Waals surface area contributed by atoms with Crippen LogP contribution >= 0.6 is 0 Å². The van der Waals surface area contributed by atoms with Crippen molar-refractivity contribution in [3.63, 3.8) is 0 Å². The molecule has 0 saturated carbocycles. The van der Waals surface area contributed by atoms with E-state index < -0.39 is 9.84 Å². The van der Waals surface area contributed by atoms with Crippen LogP contribution < -0.4 is 16.6 Å². The first kappa shape index (κ1) is 15.0. The number of hydrogen-bond acceptors (Lipinski definition) is 5. The van der Waals surface area contributed by atoms with Gasteiger partial charge in [0.25, 0.3) is 5.56 Å². The highest BCUT2D eigenvalue weighted by atomic mass is 32.2. The lowest BCUT2D eigenvalue weighted by Gasteiger charge is -2.23. The monoisotopic (exact) mass is 301 g/mol. The van der Waals surface area contributed by atoms with Crippen LogP contribution in [-0.2, 0) is 30.5 Å². The van der Waals surface area contributed by atoms with Crippen LogP contribution in [0.15, 0.2) is 15.7 Å². The van der Waals surface area contributed by atoms with E-state index in [0.29, 0.717) is 18.7 Å². The molecule has 112 valence electrons. The molecule has 0 bridgehead atoms. The summed E-state index contributed by atoms with van der Waals surface area (Å²) < 4.78 is 25.5. The zero-order valence-corrected chi connectivity index (χ0v) is 12.4. The van der Waals surface area contributed by atoms with E-state index in [-0.39, 0.29) is 28.8 Å². The average Bonchev–Trinajstić information content (AvgIpc) is 2.38. The van der Waals surface area contributed by atoms with Crippen LogP contribution in [-0.4, -0.2) is 35.1 Å². The number of hydrogen-bond donors (Lipinski definition) is 1. The van der Waals surface area contributed by atoms with Crippen LogP contribution in [0.25, 0.3) is 0 Å². The Balaban J connectivity index is 2.12. The van der Waals surface area contributed by atoms with Crippen molar-refractivity contribution >= 4 is 9.84 Å². The highest BCUT2D eigenvalue weighted by Crippen LogP contribution is 2.12. The maximum atomic E-state index is 11.8. The molecule has 1 atom stereocenters. The Morgan fingerprint density at radius 2 is 2.00 bits per heavy atom. The van der Waals surface area contributed by atoms with Gasteiger partial charge >= 0.3 is 5.69 Å². The van der Waals surface area contributed by atoms with E-state index in [1.807, 2.05) is 0 Å². The molecule has 1 N–H and O–H groups in total. The number of nitrogens with zero attached hydrogens (tertiary/aromatic N) is 2. The van der Waals surface area contributed by atoms with Gasteiger partial charge in [-0.05, 0) is 12.8 Å². The number of aromatic nitrogens is 2. The fourth-order valence-electron chi connectivity index (χ4n) is 2.38. The molecule has 0 amide bonds. The van der Waals surface area contributed by atoms with Gasteiger partial charge < -0.3 is 5.32 Å². The summed E-state index contributed by atoms with van der Waals surface area (Å²) in [6, 6.07) is 1.28. The molecule has 1 unspecified atom stereocenters. The quantitative estimate of drug-likeness (QED) is 0.753. The van der Waals surface area contributed by atoms with E-state index in [2.05, 4.69) is 5.32 Å². The fourth-order valence-corrected chi connectivity index (χ4v) is 4.05. The first-order valence-corrected chi connectivity index (χ1v) is 8.32. The number of rotatable bonds is 3. The van der Waals surface area contributed by atoms with E-state index >= 15 is 0 Å². The van der Waals surface area contributed by atoms with Gasteiger partial charge in [-0.25, -0.2) is 13.2 Å². The van der Waals surface area contributed by atoms with E-state index in [4.69, 9.17) is 0 Å². The Labute approximate surface area is 117 Å². The summed E-state index contributed by atoms with van der Waals surface area (Å²) in [5.74, 6) is 0.362. The van der Waals surface area contributed by atoms with Gasteiger partial charge in [-0.15, -0.1) is 0 Å². The number of sulfone groups is 1. The van der Waals surface area contributed by atoms with E-state index in [9.17, 15) is 18.0 Å². The minimum Gasteiger partial charge on any atom is -0.307 e. The van der Waals surface area contributed by atoms with Gasteiger partial charge in [-0.1, -0.05) is 0 Å². The maximum Gasteiger partial charge on any atom is 0.330 e. The average molecular weight is 301 g/mol. The molecule has 1 fully saturated rings. The predicted octanol–water partition coefficient (Wildman–Crippen LogP) is -1.25. The van der Waals surface area contributed by atoms with Gasteiger partial charge in [0.1, 0.15) is 0 Å². The van der Waals surface area contributed by atoms with E-state index in [0.717, 1.165) is 11.0 Å². The third kappa shape index (κ3) is 3.18. The third-order valence-corrected chi connectivity index (χ3v) is 5.48. The molecule has 1 aromatic heterocycles. The molecule has 1 saturated heterocycles. The Bertz CT molecular complexity index is 717. The van der Waals surface area contributed by atoms with Crippen LogP contribution in [0.1, 0.15) is 18.5 Å². The summed E-state index contributed by atoms with van der Waals surface area (Å²) in [4.78, 5) is 23.4. The molecule has 2 heterocycles. The highest BCUT2D eigenvalue weighted by Gasteiger charge is 2.24. The molecular weight excluding hydrogens is 282 g/mol. The zero-order chi connectivity index (χ0) is 14.9. The second-order valence-electron chi connectivity index (χ2n) is 5.21. The largest absolute Gasteiger partial charge is 0.330 e. The van der Waals surface area contributed by atoms with Gasteiger partial charge in [0.05, 0.1) is 11.5 Å². The molecule has 2 rings (SSSR count). The van der Waals surface area contributed by atoms with Crippen LogP contribution in [0.5, 0.6) is 0 Å². The Kier molecular flexibility index (Phi) is 4.14. The molecule has 0 aromatic carbocycles. The van der Waals surface area contributed by atoms with Crippen molar-refractivity contribution in [2.24, 2.45) is 14.1 Å². The lowest BCUT2D eigenvalue weighted by atomic mass is 10.2.